The summed E-state index contributed by atoms with van der Waals surface area (Å²) >= 11 is 0. The molecule has 0 unspecified atom stereocenters. The van der Waals surface area contributed by atoms with Crippen LogP contribution in [-0.4, -0.2) is 34.3 Å². The number of aromatic carboxylic acids is 1. The van der Waals surface area contributed by atoms with Crippen LogP contribution < -0.4 is 5.32 Å². The number of nitrogens with zero attached hydrogens (tertiary/aromatic N) is 1. The lowest BCUT2D eigenvalue weighted by atomic mass is 10.1. The Morgan fingerprint density at radius 2 is 1.81 bits per heavy atom. The lowest BCUT2D eigenvalue weighted by Gasteiger charge is -2.16. The van der Waals surface area contributed by atoms with E-state index < -0.39 is 5.97 Å². The first-order valence-corrected chi connectivity index (χ1v) is 8.50. The molecule has 1 heterocycles. The summed E-state index contributed by atoms with van der Waals surface area (Å²) in [6.07, 6.45) is 1.49. The van der Waals surface area contributed by atoms with Gasteiger partial charge in [0.05, 0.1) is 5.56 Å². The van der Waals surface area contributed by atoms with Crippen LogP contribution in [0.15, 0.2) is 48.5 Å². The summed E-state index contributed by atoms with van der Waals surface area (Å²) in [5.74, 6) is -1.03. The van der Waals surface area contributed by atoms with Gasteiger partial charge in [-0.1, -0.05) is 24.3 Å². The summed E-state index contributed by atoms with van der Waals surface area (Å²) in [4.78, 5) is 36.7. The largest absolute Gasteiger partial charge is 0.478 e. The molecule has 0 aliphatic carbocycles. The first-order valence-electron chi connectivity index (χ1n) is 8.50. The maximum absolute atomic E-state index is 12.4. The Hall–Kier alpha value is -3.15. The Labute approximate surface area is 151 Å². The second-order valence-corrected chi connectivity index (χ2v) is 6.30. The Morgan fingerprint density at radius 1 is 1.04 bits per heavy atom. The van der Waals surface area contributed by atoms with Crippen LogP contribution in [0.25, 0.3) is 0 Å². The van der Waals surface area contributed by atoms with Crippen molar-refractivity contribution in [1.82, 2.24) is 10.2 Å². The molecule has 2 N–H and O–H groups in total. The Morgan fingerprint density at radius 3 is 2.46 bits per heavy atom. The second kappa shape index (κ2) is 7.82. The van der Waals surface area contributed by atoms with Gasteiger partial charge in [-0.3, -0.25) is 9.59 Å². The van der Waals surface area contributed by atoms with Crippen molar-refractivity contribution in [2.75, 3.05) is 6.54 Å². The van der Waals surface area contributed by atoms with E-state index >= 15 is 0 Å². The molecule has 1 saturated heterocycles. The molecule has 6 heteroatoms. The monoisotopic (exact) mass is 352 g/mol. The number of hydrogen-bond donors (Lipinski definition) is 2. The number of carbonyl (C=O) groups excluding carboxylic acids is 2. The third-order valence-corrected chi connectivity index (χ3v) is 4.39. The number of amides is 2. The molecule has 3 rings (SSSR count). The molecule has 2 aromatic carbocycles. The summed E-state index contributed by atoms with van der Waals surface area (Å²) < 4.78 is 0. The molecular formula is C20H20N2O4. The number of rotatable bonds is 6. The number of carbonyl (C=O) groups is 3. The first-order chi connectivity index (χ1) is 12.5. The van der Waals surface area contributed by atoms with Crippen LogP contribution in [0.5, 0.6) is 0 Å². The van der Waals surface area contributed by atoms with Gasteiger partial charge < -0.3 is 15.3 Å². The molecule has 0 spiro atoms. The van der Waals surface area contributed by atoms with Crippen molar-refractivity contribution in [3.8, 4) is 0 Å². The SMILES string of the molecule is O=C(O)c1ccc(CNC(=O)c2cccc(CN3CCCC3=O)c2)cc1. The smallest absolute Gasteiger partial charge is 0.335 e. The zero-order valence-corrected chi connectivity index (χ0v) is 14.3. The molecule has 0 atom stereocenters. The van der Waals surface area contributed by atoms with E-state index in [-0.39, 0.29) is 17.4 Å². The third-order valence-electron chi connectivity index (χ3n) is 4.39. The topological polar surface area (TPSA) is 86.7 Å². The number of carboxylic acids is 1. The van der Waals surface area contributed by atoms with Crippen LogP contribution in [0.3, 0.4) is 0 Å². The van der Waals surface area contributed by atoms with Crippen molar-refractivity contribution in [3.63, 3.8) is 0 Å². The fraction of sp³-hybridized carbons (Fsp3) is 0.250. The summed E-state index contributed by atoms with van der Waals surface area (Å²) in [5, 5.41) is 11.7. The number of hydrogen-bond acceptors (Lipinski definition) is 3. The Kier molecular flexibility index (Phi) is 5.31. The van der Waals surface area contributed by atoms with Crippen molar-refractivity contribution in [2.24, 2.45) is 0 Å². The standard InChI is InChI=1S/C20H20N2O4/c23-18-5-2-10-22(18)13-15-3-1-4-17(11-15)19(24)21-12-14-6-8-16(9-7-14)20(25)26/h1,3-4,6-9,11H,2,5,10,12-13H2,(H,21,24)(H,25,26). The molecule has 134 valence electrons. The number of likely N-dealkylation sites (tertiary alicyclic amines) is 1. The molecule has 0 radical (unpaired) electrons. The van der Waals surface area contributed by atoms with E-state index in [4.69, 9.17) is 5.11 Å². The van der Waals surface area contributed by atoms with E-state index in [1.54, 1.807) is 29.2 Å². The molecule has 0 saturated carbocycles. The molecule has 0 aromatic heterocycles. The second-order valence-electron chi connectivity index (χ2n) is 6.30. The maximum atomic E-state index is 12.4. The third kappa shape index (κ3) is 4.27. The molecule has 2 amide bonds. The van der Waals surface area contributed by atoms with Crippen LogP contribution in [0, 0.1) is 0 Å². The van der Waals surface area contributed by atoms with Crippen molar-refractivity contribution < 1.29 is 19.5 Å². The minimum Gasteiger partial charge on any atom is -0.478 e. The van der Waals surface area contributed by atoms with Crippen LogP contribution in [0.2, 0.25) is 0 Å². The Bertz CT molecular complexity index is 830. The fourth-order valence-electron chi connectivity index (χ4n) is 2.95. The molecule has 1 aliphatic heterocycles. The highest BCUT2D eigenvalue weighted by Gasteiger charge is 2.20. The molecule has 0 bridgehead atoms. The number of carboxylic acid groups (broad SMARTS) is 1. The number of nitrogens with one attached hydrogen (secondary N) is 1. The van der Waals surface area contributed by atoms with Gasteiger partial charge in [0.2, 0.25) is 5.91 Å². The lowest BCUT2D eigenvalue weighted by molar-refractivity contribution is -0.128. The number of benzene rings is 2. The van der Waals surface area contributed by atoms with Gasteiger partial charge in [-0.2, -0.15) is 0 Å². The molecule has 2 aromatic rings. The van der Waals surface area contributed by atoms with Gasteiger partial charge in [0.1, 0.15) is 0 Å². The molecular weight excluding hydrogens is 332 g/mol. The van der Waals surface area contributed by atoms with Gasteiger partial charge in [0, 0.05) is 31.6 Å². The summed E-state index contributed by atoms with van der Waals surface area (Å²) in [7, 11) is 0. The molecule has 26 heavy (non-hydrogen) atoms. The van der Waals surface area contributed by atoms with E-state index in [1.165, 1.54) is 12.1 Å². The maximum Gasteiger partial charge on any atom is 0.335 e. The van der Waals surface area contributed by atoms with Crippen molar-refractivity contribution in [3.05, 3.63) is 70.8 Å². The lowest BCUT2D eigenvalue weighted by Crippen LogP contribution is -2.25. The van der Waals surface area contributed by atoms with E-state index in [1.807, 2.05) is 12.1 Å². The minimum atomic E-state index is -0.978. The zero-order chi connectivity index (χ0) is 18.5. The van der Waals surface area contributed by atoms with E-state index in [9.17, 15) is 14.4 Å². The van der Waals surface area contributed by atoms with Crippen molar-refractivity contribution in [2.45, 2.75) is 25.9 Å². The highest BCUT2D eigenvalue weighted by Crippen LogP contribution is 2.15. The van der Waals surface area contributed by atoms with Gasteiger partial charge in [0.15, 0.2) is 0 Å². The zero-order valence-electron chi connectivity index (χ0n) is 14.3. The highest BCUT2D eigenvalue weighted by molar-refractivity contribution is 5.94. The first kappa shape index (κ1) is 17.7. The predicted molar refractivity (Wildman–Crippen MR) is 95.7 cm³/mol. The minimum absolute atomic E-state index is 0.157. The summed E-state index contributed by atoms with van der Waals surface area (Å²) in [6.45, 7) is 1.60. The highest BCUT2D eigenvalue weighted by atomic mass is 16.4. The van der Waals surface area contributed by atoms with Gasteiger partial charge in [-0.05, 0) is 41.8 Å². The van der Waals surface area contributed by atoms with Gasteiger partial charge >= 0.3 is 5.97 Å². The van der Waals surface area contributed by atoms with E-state index in [0.717, 1.165) is 24.1 Å². The van der Waals surface area contributed by atoms with Crippen molar-refractivity contribution in [1.29, 1.82) is 0 Å². The average molecular weight is 352 g/mol. The Balaban J connectivity index is 1.59. The van der Waals surface area contributed by atoms with Crippen LogP contribution in [0.4, 0.5) is 0 Å². The van der Waals surface area contributed by atoms with Gasteiger partial charge in [-0.25, -0.2) is 4.79 Å². The summed E-state index contributed by atoms with van der Waals surface area (Å²) in [6, 6.07) is 13.6. The van der Waals surface area contributed by atoms with Crippen LogP contribution in [0.1, 0.15) is 44.7 Å². The fourth-order valence-corrected chi connectivity index (χ4v) is 2.95. The van der Waals surface area contributed by atoms with E-state index in [2.05, 4.69) is 5.32 Å². The molecule has 6 nitrogen and oxygen atoms in total. The van der Waals surface area contributed by atoms with Crippen molar-refractivity contribution >= 4 is 17.8 Å². The van der Waals surface area contributed by atoms with E-state index in [0.29, 0.717) is 25.1 Å². The van der Waals surface area contributed by atoms with Crippen LogP contribution in [-0.2, 0) is 17.9 Å². The molecule has 1 aliphatic rings. The predicted octanol–water partition coefficient (Wildman–Crippen LogP) is 2.44. The summed E-state index contributed by atoms with van der Waals surface area (Å²) in [5.41, 5.74) is 2.50. The molecule has 1 fully saturated rings. The average Bonchev–Trinajstić information content (AvgIpc) is 3.05. The normalized spacial score (nSPS) is 13.7. The van der Waals surface area contributed by atoms with Gasteiger partial charge in [-0.15, -0.1) is 0 Å². The quantitative estimate of drug-likeness (QED) is 0.836. The van der Waals surface area contributed by atoms with Gasteiger partial charge in [0.25, 0.3) is 5.91 Å². The van der Waals surface area contributed by atoms with Crippen LogP contribution >= 0.6 is 0 Å².